The Labute approximate surface area is 123 Å². The second kappa shape index (κ2) is 5.98. The summed E-state index contributed by atoms with van der Waals surface area (Å²) < 4.78 is 7.06. The molecule has 1 aromatic heterocycles. The van der Waals surface area contributed by atoms with Gasteiger partial charge in [0.15, 0.2) is 0 Å². The molecule has 0 radical (unpaired) electrons. The lowest BCUT2D eigenvalue weighted by atomic mass is 10.1. The monoisotopic (exact) mass is 289 g/mol. The van der Waals surface area contributed by atoms with Gasteiger partial charge in [-0.1, -0.05) is 6.07 Å². The summed E-state index contributed by atoms with van der Waals surface area (Å²) in [5, 5.41) is 13.6. The molecule has 0 saturated heterocycles. The molecule has 0 bridgehead atoms. The summed E-state index contributed by atoms with van der Waals surface area (Å²) in [5.74, 6) is 1.05. The topological polar surface area (TPSA) is 50.8 Å². The van der Waals surface area contributed by atoms with Crippen LogP contribution in [0.3, 0.4) is 0 Å². The van der Waals surface area contributed by atoms with E-state index in [1.54, 1.807) is 7.11 Å². The summed E-state index contributed by atoms with van der Waals surface area (Å²) in [6.07, 6.45) is 0. The van der Waals surface area contributed by atoms with Crippen molar-refractivity contribution < 1.29 is 4.74 Å². The van der Waals surface area contributed by atoms with Crippen LogP contribution in [-0.4, -0.2) is 16.9 Å². The van der Waals surface area contributed by atoms with E-state index in [1.165, 1.54) is 0 Å². The van der Waals surface area contributed by atoms with Crippen molar-refractivity contribution in [2.75, 3.05) is 7.11 Å². The fourth-order valence-corrected chi connectivity index (χ4v) is 2.58. The predicted octanol–water partition coefficient (Wildman–Crippen LogP) is 3.17. The van der Waals surface area contributed by atoms with Gasteiger partial charge in [0.25, 0.3) is 0 Å². The zero-order valence-corrected chi connectivity index (χ0v) is 12.5. The summed E-state index contributed by atoms with van der Waals surface area (Å²) in [5.41, 5.74) is 4.62. The van der Waals surface area contributed by atoms with Crippen molar-refractivity contribution in [1.29, 1.82) is 5.26 Å². The minimum Gasteiger partial charge on any atom is -0.495 e. The van der Waals surface area contributed by atoms with E-state index in [4.69, 9.17) is 21.6 Å². The molecule has 0 spiro atoms. The Morgan fingerprint density at radius 3 is 2.70 bits per heavy atom. The maximum Gasteiger partial charge on any atom is 0.136 e. The molecular weight excluding hydrogens is 274 g/mol. The van der Waals surface area contributed by atoms with Crippen LogP contribution < -0.4 is 4.74 Å². The maximum absolute atomic E-state index is 9.11. The number of ether oxygens (including phenoxy) is 1. The van der Waals surface area contributed by atoms with Crippen LogP contribution in [0.15, 0.2) is 18.2 Å². The van der Waals surface area contributed by atoms with Crippen molar-refractivity contribution >= 4 is 11.6 Å². The Balaban J connectivity index is 2.34. The Morgan fingerprint density at radius 1 is 1.40 bits per heavy atom. The number of alkyl halides is 1. The van der Waals surface area contributed by atoms with Crippen LogP contribution in [0.2, 0.25) is 0 Å². The van der Waals surface area contributed by atoms with E-state index in [0.717, 1.165) is 22.5 Å². The molecule has 0 aliphatic rings. The average Bonchev–Trinajstić information content (AvgIpc) is 2.72. The fraction of sp³-hybridized carbons (Fsp3) is 0.333. The molecule has 104 valence electrons. The van der Waals surface area contributed by atoms with Gasteiger partial charge in [-0.25, -0.2) is 0 Å². The van der Waals surface area contributed by atoms with Crippen LogP contribution in [0.4, 0.5) is 0 Å². The Kier molecular flexibility index (Phi) is 4.31. The standard InChI is InChI=1S/C15H16ClN3O/c1-10-14(7-16)11(2)19(18-10)9-12-4-5-15(20-3)13(6-12)8-17/h4-6H,7,9H2,1-3H3. The van der Waals surface area contributed by atoms with Crippen molar-refractivity contribution in [3.63, 3.8) is 0 Å². The van der Waals surface area contributed by atoms with Gasteiger partial charge in [-0.2, -0.15) is 10.4 Å². The first-order chi connectivity index (χ1) is 9.60. The lowest BCUT2D eigenvalue weighted by Crippen LogP contribution is -2.05. The van der Waals surface area contributed by atoms with Crippen molar-refractivity contribution in [3.05, 3.63) is 46.3 Å². The number of rotatable bonds is 4. The molecule has 20 heavy (non-hydrogen) atoms. The number of nitriles is 1. The molecular formula is C15H16ClN3O. The summed E-state index contributed by atoms with van der Waals surface area (Å²) in [4.78, 5) is 0. The molecule has 0 unspecified atom stereocenters. The van der Waals surface area contributed by atoms with Crippen LogP contribution >= 0.6 is 11.6 Å². The Morgan fingerprint density at radius 2 is 2.15 bits per heavy atom. The smallest absolute Gasteiger partial charge is 0.136 e. The number of aromatic nitrogens is 2. The molecule has 0 fully saturated rings. The SMILES string of the molecule is COc1ccc(Cn2nc(C)c(CCl)c2C)cc1C#N. The third kappa shape index (κ3) is 2.63. The van der Waals surface area contributed by atoms with Crippen LogP contribution in [-0.2, 0) is 12.4 Å². The number of hydrogen-bond donors (Lipinski definition) is 0. The molecule has 2 rings (SSSR count). The highest BCUT2D eigenvalue weighted by atomic mass is 35.5. The van der Waals surface area contributed by atoms with E-state index in [-0.39, 0.29) is 0 Å². The van der Waals surface area contributed by atoms with Gasteiger partial charge in [0.05, 0.1) is 30.8 Å². The first-order valence-electron chi connectivity index (χ1n) is 6.26. The van der Waals surface area contributed by atoms with Gasteiger partial charge in [0.2, 0.25) is 0 Å². The number of methoxy groups -OCH3 is 1. The van der Waals surface area contributed by atoms with Gasteiger partial charge in [-0.3, -0.25) is 4.68 Å². The first-order valence-corrected chi connectivity index (χ1v) is 6.80. The molecule has 0 N–H and O–H groups in total. The van der Waals surface area contributed by atoms with Crippen molar-refractivity contribution in [1.82, 2.24) is 9.78 Å². The zero-order valence-electron chi connectivity index (χ0n) is 11.8. The highest BCUT2D eigenvalue weighted by molar-refractivity contribution is 6.17. The van der Waals surface area contributed by atoms with Crippen LogP contribution in [0.5, 0.6) is 5.75 Å². The van der Waals surface area contributed by atoms with Crippen LogP contribution in [0, 0.1) is 25.2 Å². The second-order valence-corrected chi connectivity index (χ2v) is 4.85. The Bertz CT molecular complexity index is 670. The second-order valence-electron chi connectivity index (χ2n) is 4.59. The normalized spacial score (nSPS) is 10.3. The maximum atomic E-state index is 9.11. The van der Waals surface area contributed by atoms with Gasteiger partial charge in [-0.05, 0) is 31.5 Å². The number of hydrogen-bond acceptors (Lipinski definition) is 3. The molecule has 4 nitrogen and oxygen atoms in total. The van der Waals surface area contributed by atoms with E-state index < -0.39 is 0 Å². The van der Waals surface area contributed by atoms with Crippen molar-refractivity contribution in [3.8, 4) is 11.8 Å². The largest absolute Gasteiger partial charge is 0.495 e. The summed E-state index contributed by atoms with van der Waals surface area (Å²) in [6, 6.07) is 7.72. The molecule has 0 aliphatic heterocycles. The number of benzene rings is 1. The van der Waals surface area contributed by atoms with E-state index in [1.807, 2.05) is 36.7 Å². The number of aryl methyl sites for hydroxylation is 1. The van der Waals surface area contributed by atoms with Crippen molar-refractivity contribution in [2.45, 2.75) is 26.3 Å². The lowest BCUT2D eigenvalue weighted by molar-refractivity contribution is 0.413. The van der Waals surface area contributed by atoms with Gasteiger partial charge in [0, 0.05) is 11.3 Å². The average molecular weight is 290 g/mol. The molecule has 1 aromatic carbocycles. The van der Waals surface area contributed by atoms with Gasteiger partial charge >= 0.3 is 0 Å². The third-order valence-electron chi connectivity index (χ3n) is 3.38. The molecule has 0 aliphatic carbocycles. The predicted molar refractivity (Wildman–Crippen MR) is 78.1 cm³/mol. The van der Waals surface area contributed by atoms with E-state index in [9.17, 15) is 0 Å². The number of halogens is 1. The van der Waals surface area contributed by atoms with E-state index in [2.05, 4.69) is 11.2 Å². The lowest BCUT2D eigenvalue weighted by Gasteiger charge is -2.08. The van der Waals surface area contributed by atoms with E-state index >= 15 is 0 Å². The minimum atomic E-state index is 0.462. The first kappa shape index (κ1) is 14.4. The molecule has 1 heterocycles. The van der Waals surface area contributed by atoms with Crippen molar-refractivity contribution in [2.24, 2.45) is 0 Å². The highest BCUT2D eigenvalue weighted by Gasteiger charge is 2.11. The zero-order chi connectivity index (χ0) is 14.7. The van der Waals surface area contributed by atoms with E-state index in [0.29, 0.717) is 23.7 Å². The summed E-state index contributed by atoms with van der Waals surface area (Å²) in [6.45, 7) is 4.57. The van der Waals surface area contributed by atoms with Gasteiger partial charge in [-0.15, -0.1) is 11.6 Å². The van der Waals surface area contributed by atoms with Crippen LogP contribution in [0.1, 0.15) is 28.1 Å². The quantitative estimate of drug-likeness (QED) is 0.812. The Hall–Kier alpha value is -1.99. The summed E-state index contributed by atoms with van der Waals surface area (Å²) >= 11 is 5.93. The highest BCUT2D eigenvalue weighted by Crippen LogP contribution is 2.21. The summed E-state index contributed by atoms with van der Waals surface area (Å²) in [7, 11) is 1.56. The molecule has 2 aromatic rings. The fourth-order valence-electron chi connectivity index (χ4n) is 2.20. The molecule has 0 atom stereocenters. The van der Waals surface area contributed by atoms with Crippen LogP contribution in [0.25, 0.3) is 0 Å². The van der Waals surface area contributed by atoms with Gasteiger partial charge < -0.3 is 4.74 Å². The number of nitrogens with zero attached hydrogens (tertiary/aromatic N) is 3. The molecule has 0 amide bonds. The minimum absolute atomic E-state index is 0.462. The van der Waals surface area contributed by atoms with Gasteiger partial charge in [0.1, 0.15) is 11.8 Å². The molecule has 5 heteroatoms. The third-order valence-corrected chi connectivity index (χ3v) is 3.65. The molecule has 0 saturated carbocycles.